The molecule has 1 aliphatic rings. The van der Waals surface area contributed by atoms with Crippen molar-refractivity contribution in [1.82, 2.24) is 4.90 Å². The molecule has 0 atom stereocenters. The van der Waals surface area contributed by atoms with E-state index in [0.717, 1.165) is 18.4 Å². The van der Waals surface area contributed by atoms with Gasteiger partial charge in [0.05, 0.1) is 4.90 Å². The third kappa shape index (κ3) is 4.13. The summed E-state index contributed by atoms with van der Waals surface area (Å²) >= 11 is 5.95. The average molecular weight is 432 g/mol. The van der Waals surface area contributed by atoms with Crippen molar-refractivity contribution < 1.29 is 17.6 Å². The van der Waals surface area contributed by atoms with Crippen molar-refractivity contribution in [2.75, 3.05) is 18.9 Å². The van der Waals surface area contributed by atoms with Gasteiger partial charge in [0.15, 0.2) is 5.76 Å². The van der Waals surface area contributed by atoms with Gasteiger partial charge in [0.1, 0.15) is 11.4 Å². The number of nitrogens with zero attached hydrogens (tertiary/aromatic N) is 2. The van der Waals surface area contributed by atoms with Crippen LogP contribution in [0.5, 0.6) is 0 Å². The first-order valence-electron chi connectivity index (χ1n) is 8.97. The van der Waals surface area contributed by atoms with Crippen LogP contribution in [-0.2, 0) is 10.0 Å². The van der Waals surface area contributed by atoms with E-state index < -0.39 is 15.9 Å². The zero-order valence-corrected chi connectivity index (χ0v) is 17.1. The number of fused-ring (bicyclic) bond motifs is 1. The van der Waals surface area contributed by atoms with Crippen molar-refractivity contribution in [3.63, 3.8) is 0 Å². The molecular formula is C20H18ClN3O4S. The Morgan fingerprint density at radius 3 is 2.62 bits per heavy atom. The zero-order valence-electron chi connectivity index (χ0n) is 15.6. The normalized spacial score (nSPS) is 15.9. The summed E-state index contributed by atoms with van der Waals surface area (Å²) in [5, 5.41) is 3.96. The van der Waals surface area contributed by atoms with Gasteiger partial charge in [0.2, 0.25) is 0 Å². The number of furan rings is 1. The molecule has 150 valence electrons. The summed E-state index contributed by atoms with van der Waals surface area (Å²) in [5.41, 5.74) is 0.995. The molecule has 1 saturated heterocycles. The minimum Gasteiger partial charge on any atom is -0.451 e. The minimum atomic E-state index is -3.79. The van der Waals surface area contributed by atoms with Crippen molar-refractivity contribution in [3.8, 4) is 0 Å². The predicted molar refractivity (Wildman–Crippen MR) is 112 cm³/mol. The number of sulfonamides is 1. The fourth-order valence-electron chi connectivity index (χ4n) is 3.13. The Morgan fingerprint density at radius 1 is 1.17 bits per heavy atom. The Morgan fingerprint density at radius 2 is 1.93 bits per heavy atom. The fraction of sp³-hybridized carbons (Fsp3) is 0.200. The number of hydrogen-bond acceptors (Lipinski definition) is 4. The van der Waals surface area contributed by atoms with Crippen molar-refractivity contribution in [3.05, 3.63) is 59.3 Å². The van der Waals surface area contributed by atoms with E-state index in [1.807, 2.05) is 11.9 Å². The lowest BCUT2D eigenvalue weighted by Crippen LogP contribution is -2.20. The summed E-state index contributed by atoms with van der Waals surface area (Å²) in [6.07, 6.45) is 1.54. The molecule has 9 heteroatoms. The third-order valence-corrected chi connectivity index (χ3v) is 6.23. The molecule has 29 heavy (non-hydrogen) atoms. The molecule has 4 rings (SSSR count). The fourth-order valence-corrected chi connectivity index (χ4v) is 4.40. The maximum Gasteiger partial charge on any atom is 0.291 e. The number of likely N-dealkylation sites (tertiary alicyclic amines) is 1. The molecule has 0 spiro atoms. The second-order valence-corrected chi connectivity index (χ2v) is 8.82. The maximum atomic E-state index is 12.5. The van der Waals surface area contributed by atoms with E-state index in [2.05, 4.69) is 9.71 Å². The topological polar surface area (TPSA) is 92.0 Å². The van der Waals surface area contributed by atoms with Gasteiger partial charge < -0.3 is 14.6 Å². The largest absolute Gasteiger partial charge is 0.451 e. The lowest BCUT2D eigenvalue weighted by atomic mass is 10.2. The van der Waals surface area contributed by atoms with E-state index in [9.17, 15) is 13.2 Å². The van der Waals surface area contributed by atoms with Crippen LogP contribution in [0.15, 0.2) is 62.2 Å². The average Bonchev–Trinajstić information content (AvgIpc) is 3.28. The Balaban J connectivity index is 1.51. The van der Waals surface area contributed by atoms with Crippen molar-refractivity contribution in [2.45, 2.75) is 17.7 Å². The van der Waals surface area contributed by atoms with E-state index in [1.165, 1.54) is 24.3 Å². The summed E-state index contributed by atoms with van der Waals surface area (Å²) in [4.78, 5) is 14.3. The predicted octanol–water partition coefficient (Wildman–Crippen LogP) is 4.15. The molecule has 7 nitrogen and oxygen atoms in total. The number of rotatable bonds is 4. The van der Waals surface area contributed by atoms with Gasteiger partial charge >= 0.3 is 0 Å². The number of nitrogens with one attached hydrogen (secondary N) is 1. The second kappa shape index (κ2) is 7.53. The van der Waals surface area contributed by atoms with Crippen LogP contribution in [0, 0.1) is 0 Å². The maximum absolute atomic E-state index is 12.5. The Kier molecular flexibility index (Phi) is 5.06. The van der Waals surface area contributed by atoms with Crippen LogP contribution in [-0.4, -0.2) is 38.7 Å². The number of carbonyl (C=O) groups excluding carboxylic acids is 1. The highest BCUT2D eigenvalue weighted by Gasteiger charge is 2.20. The summed E-state index contributed by atoms with van der Waals surface area (Å²) in [6.45, 7) is 0.799. The van der Waals surface area contributed by atoms with E-state index in [1.54, 1.807) is 24.3 Å². The molecule has 2 heterocycles. The van der Waals surface area contributed by atoms with Gasteiger partial charge in [-0.05, 0) is 55.0 Å². The number of hydrogen-bond donors (Lipinski definition) is 1. The second-order valence-electron chi connectivity index (χ2n) is 6.78. The number of amides is 1. The minimum absolute atomic E-state index is 0.0710. The van der Waals surface area contributed by atoms with Gasteiger partial charge in [-0.15, -0.1) is 4.40 Å². The summed E-state index contributed by atoms with van der Waals surface area (Å²) in [5.74, 6) is 0.253. The highest BCUT2D eigenvalue weighted by Crippen LogP contribution is 2.24. The molecule has 0 unspecified atom stereocenters. The zero-order chi connectivity index (χ0) is 20.6. The van der Waals surface area contributed by atoms with Gasteiger partial charge in [-0.1, -0.05) is 11.6 Å². The summed E-state index contributed by atoms with van der Waals surface area (Å²) in [7, 11) is -1.97. The summed E-state index contributed by atoms with van der Waals surface area (Å²) < 4.78 is 34.4. The molecular weight excluding hydrogens is 414 g/mol. The van der Waals surface area contributed by atoms with Crippen LogP contribution in [0.4, 0.5) is 5.69 Å². The molecule has 2 aromatic carbocycles. The quantitative estimate of drug-likeness (QED) is 0.669. The van der Waals surface area contributed by atoms with Crippen LogP contribution < -0.4 is 5.32 Å². The van der Waals surface area contributed by atoms with Gasteiger partial charge in [0, 0.05) is 36.1 Å². The van der Waals surface area contributed by atoms with E-state index >= 15 is 0 Å². The number of benzene rings is 2. The van der Waals surface area contributed by atoms with E-state index in [4.69, 9.17) is 16.0 Å². The van der Waals surface area contributed by atoms with Gasteiger partial charge in [-0.25, -0.2) is 0 Å². The lowest BCUT2D eigenvalue weighted by Gasteiger charge is -2.11. The molecule has 0 aliphatic carbocycles. The standard InChI is InChI=1S/C20H18ClN3O4S/c1-24-10-2-3-19(24)23-29(26,27)16-7-5-15(6-8-16)22-20(25)18-12-13-11-14(21)4-9-17(13)28-18/h4-9,11-12H,2-3,10H2,1H3,(H,22,25)/b23-19-. The number of anilines is 1. The molecule has 1 fully saturated rings. The molecule has 1 aromatic heterocycles. The highest BCUT2D eigenvalue weighted by molar-refractivity contribution is 7.90. The number of carbonyl (C=O) groups is 1. The SMILES string of the molecule is CN1CCC/C1=N/S(=O)(=O)c1ccc(NC(=O)c2cc3cc(Cl)ccc3o2)cc1. The molecule has 0 bridgehead atoms. The van der Waals surface area contributed by atoms with Crippen LogP contribution in [0.2, 0.25) is 5.02 Å². The first-order chi connectivity index (χ1) is 13.8. The third-order valence-electron chi connectivity index (χ3n) is 4.67. The van der Waals surface area contributed by atoms with Gasteiger partial charge in [0.25, 0.3) is 15.9 Å². The molecule has 1 aliphatic heterocycles. The smallest absolute Gasteiger partial charge is 0.291 e. The number of amidine groups is 1. The van der Waals surface area contributed by atoms with Crippen molar-refractivity contribution in [2.24, 2.45) is 4.40 Å². The Labute approximate surface area is 173 Å². The molecule has 0 radical (unpaired) electrons. The van der Waals surface area contributed by atoms with E-state index in [-0.39, 0.29) is 10.7 Å². The van der Waals surface area contributed by atoms with Crippen LogP contribution in [0.25, 0.3) is 11.0 Å². The molecule has 3 aromatic rings. The monoisotopic (exact) mass is 431 g/mol. The van der Waals surface area contributed by atoms with Gasteiger partial charge in [-0.3, -0.25) is 4.79 Å². The molecule has 1 N–H and O–H groups in total. The van der Waals surface area contributed by atoms with Gasteiger partial charge in [-0.2, -0.15) is 8.42 Å². The van der Waals surface area contributed by atoms with Crippen molar-refractivity contribution in [1.29, 1.82) is 0 Å². The molecule has 1 amide bonds. The first kappa shape index (κ1) is 19.5. The van der Waals surface area contributed by atoms with Crippen LogP contribution in [0.3, 0.4) is 0 Å². The summed E-state index contributed by atoms with van der Waals surface area (Å²) in [6, 6.07) is 12.6. The Hall–Kier alpha value is -2.84. The van der Waals surface area contributed by atoms with Crippen molar-refractivity contribution >= 4 is 50.0 Å². The van der Waals surface area contributed by atoms with E-state index in [0.29, 0.717) is 28.5 Å². The Bertz CT molecular complexity index is 1220. The highest BCUT2D eigenvalue weighted by atomic mass is 35.5. The first-order valence-corrected chi connectivity index (χ1v) is 10.8. The van der Waals surface area contributed by atoms with Crippen LogP contribution >= 0.6 is 11.6 Å². The van der Waals surface area contributed by atoms with Crippen LogP contribution in [0.1, 0.15) is 23.4 Å². The number of halogens is 1. The lowest BCUT2D eigenvalue weighted by molar-refractivity contribution is 0.0998. The molecule has 0 saturated carbocycles.